The van der Waals surface area contributed by atoms with E-state index in [4.69, 9.17) is 11.6 Å². The summed E-state index contributed by atoms with van der Waals surface area (Å²) in [5.41, 5.74) is 2.64. The van der Waals surface area contributed by atoms with Gasteiger partial charge < -0.3 is 0 Å². The number of benzene rings is 1. The summed E-state index contributed by atoms with van der Waals surface area (Å²) < 4.78 is 0. The highest BCUT2D eigenvalue weighted by Crippen LogP contribution is 2.19. The Labute approximate surface area is 155 Å². The van der Waals surface area contributed by atoms with E-state index in [1.807, 2.05) is 12.1 Å². The molecule has 0 aromatic heterocycles. The summed E-state index contributed by atoms with van der Waals surface area (Å²) in [6.45, 7) is 8.42. The topological polar surface area (TPSA) is 0 Å². The second-order valence-corrected chi connectivity index (χ2v) is 7.31. The van der Waals surface area contributed by atoms with Gasteiger partial charge in [-0.05, 0) is 61.8 Å². The van der Waals surface area contributed by atoms with Gasteiger partial charge in [-0.1, -0.05) is 81.3 Å². The van der Waals surface area contributed by atoms with Crippen LogP contribution >= 0.6 is 11.6 Å². The lowest BCUT2D eigenvalue weighted by atomic mass is 9.95. The van der Waals surface area contributed by atoms with Gasteiger partial charge in [0.05, 0.1) is 0 Å². The molecule has 0 aliphatic rings. The first-order valence-electron chi connectivity index (χ1n) is 9.70. The molecule has 0 nitrogen and oxygen atoms in total. The Bertz CT molecular complexity index is 487. The van der Waals surface area contributed by atoms with Crippen LogP contribution in [0.15, 0.2) is 43.0 Å². The predicted molar refractivity (Wildman–Crippen MR) is 110 cm³/mol. The number of rotatable bonds is 13. The fourth-order valence-corrected chi connectivity index (χ4v) is 3.32. The van der Waals surface area contributed by atoms with Crippen LogP contribution in [0.3, 0.4) is 0 Å². The van der Waals surface area contributed by atoms with Gasteiger partial charge in [0.1, 0.15) is 0 Å². The maximum absolute atomic E-state index is 6.00. The summed E-state index contributed by atoms with van der Waals surface area (Å²) in [5, 5.41) is 0.823. The quantitative estimate of drug-likeness (QED) is 0.250. The van der Waals surface area contributed by atoms with E-state index < -0.39 is 0 Å². The van der Waals surface area contributed by atoms with Crippen molar-refractivity contribution >= 4 is 11.6 Å². The second-order valence-electron chi connectivity index (χ2n) is 6.88. The summed E-state index contributed by atoms with van der Waals surface area (Å²) in [5.74, 6) is 0.679. The Kier molecular flexibility index (Phi) is 11.7. The Morgan fingerprint density at radius 2 is 1.79 bits per heavy atom. The first-order valence-corrected chi connectivity index (χ1v) is 10.1. The van der Waals surface area contributed by atoms with Crippen molar-refractivity contribution in [2.45, 2.75) is 78.1 Å². The van der Waals surface area contributed by atoms with Crippen LogP contribution in [0.1, 0.15) is 75.8 Å². The third-order valence-electron chi connectivity index (χ3n) is 4.77. The molecular formula is C23H35Cl. The fraction of sp³-hybridized carbons (Fsp3) is 0.565. The molecule has 0 spiro atoms. The summed E-state index contributed by atoms with van der Waals surface area (Å²) in [6.07, 6.45) is 19.7. The van der Waals surface area contributed by atoms with E-state index in [-0.39, 0.29) is 0 Å². The minimum atomic E-state index is 0.679. The average Bonchev–Trinajstić information content (AvgIpc) is 2.57. The van der Waals surface area contributed by atoms with Crippen molar-refractivity contribution in [3.63, 3.8) is 0 Å². The minimum absolute atomic E-state index is 0.679. The second kappa shape index (κ2) is 13.3. The van der Waals surface area contributed by atoms with Gasteiger partial charge in [-0.2, -0.15) is 0 Å². The highest BCUT2D eigenvalue weighted by atomic mass is 35.5. The maximum Gasteiger partial charge on any atom is 0.0408 e. The SMILES string of the molecule is C=CC(CC/C=C/Cc1ccc(Cl)cc1C)CCCCCCCC. The van der Waals surface area contributed by atoms with Crippen molar-refractivity contribution in [1.29, 1.82) is 0 Å². The van der Waals surface area contributed by atoms with Crippen LogP contribution in [0.5, 0.6) is 0 Å². The molecule has 0 saturated heterocycles. The minimum Gasteiger partial charge on any atom is -0.103 e. The van der Waals surface area contributed by atoms with Gasteiger partial charge in [-0.25, -0.2) is 0 Å². The van der Waals surface area contributed by atoms with Crippen LogP contribution in [-0.2, 0) is 6.42 Å². The van der Waals surface area contributed by atoms with Crippen LogP contribution < -0.4 is 0 Å². The van der Waals surface area contributed by atoms with Gasteiger partial charge in [0, 0.05) is 5.02 Å². The van der Waals surface area contributed by atoms with Crippen molar-refractivity contribution < 1.29 is 0 Å². The summed E-state index contributed by atoms with van der Waals surface area (Å²) in [6, 6.07) is 6.15. The number of allylic oxidation sites excluding steroid dienone is 3. The maximum atomic E-state index is 6.00. The van der Waals surface area contributed by atoms with E-state index in [0.29, 0.717) is 5.92 Å². The van der Waals surface area contributed by atoms with Gasteiger partial charge >= 0.3 is 0 Å². The van der Waals surface area contributed by atoms with E-state index in [9.17, 15) is 0 Å². The highest BCUT2D eigenvalue weighted by molar-refractivity contribution is 6.30. The van der Waals surface area contributed by atoms with E-state index in [1.54, 1.807) is 0 Å². The molecule has 24 heavy (non-hydrogen) atoms. The van der Waals surface area contributed by atoms with Crippen LogP contribution in [-0.4, -0.2) is 0 Å². The molecule has 0 saturated carbocycles. The van der Waals surface area contributed by atoms with Crippen molar-refractivity contribution in [3.8, 4) is 0 Å². The molecular weight excluding hydrogens is 312 g/mol. The number of hydrogen-bond acceptors (Lipinski definition) is 0. The molecule has 0 bridgehead atoms. The lowest BCUT2D eigenvalue weighted by Gasteiger charge is -2.10. The first kappa shape index (κ1) is 21.0. The molecule has 1 rings (SSSR count). The van der Waals surface area contributed by atoms with Gasteiger partial charge in [-0.3, -0.25) is 0 Å². The number of hydrogen-bond donors (Lipinski definition) is 0. The molecule has 1 unspecified atom stereocenters. The Balaban J connectivity index is 2.17. The molecule has 0 aliphatic heterocycles. The van der Waals surface area contributed by atoms with Crippen LogP contribution in [0.4, 0.5) is 0 Å². The molecule has 134 valence electrons. The molecule has 1 heteroatoms. The van der Waals surface area contributed by atoms with E-state index in [1.165, 1.54) is 62.5 Å². The number of unbranched alkanes of at least 4 members (excludes halogenated alkanes) is 5. The predicted octanol–water partition coefficient (Wildman–Crippen LogP) is 8.08. The molecule has 1 atom stereocenters. The third kappa shape index (κ3) is 9.33. The zero-order valence-electron chi connectivity index (χ0n) is 15.7. The average molecular weight is 347 g/mol. The molecule has 0 N–H and O–H groups in total. The van der Waals surface area contributed by atoms with Crippen molar-refractivity contribution in [3.05, 3.63) is 59.2 Å². The lowest BCUT2D eigenvalue weighted by Crippen LogP contribution is -1.96. The molecule has 1 aromatic rings. The van der Waals surface area contributed by atoms with Gasteiger partial charge in [0.25, 0.3) is 0 Å². The van der Waals surface area contributed by atoms with Gasteiger partial charge in [-0.15, -0.1) is 6.58 Å². The normalized spacial score (nSPS) is 12.6. The first-order chi connectivity index (χ1) is 11.7. The van der Waals surface area contributed by atoms with Gasteiger partial charge in [0.2, 0.25) is 0 Å². The Hall–Kier alpha value is -1.01. The molecule has 1 aromatic carbocycles. The van der Waals surface area contributed by atoms with E-state index in [2.05, 4.69) is 44.7 Å². The third-order valence-corrected chi connectivity index (χ3v) is 5.01. The van der Waals surface area contributed by atoms with Crippen LogP contribution in [0, 0.1) is 12.8 Å². The molecule has 0 radical (unpaired) electrons. The zero-order chi connectivity index (χ0) is 17.6. The zero-order valence-corrected chi connectivity index (χ0v) is 16.5. The van der Waals surface area contributed by atoms with E-state index in [0.717, 1.165) is 17.9 Å². The van der Waals surface area contributed by atoms with Crippen LogP contribution in [0.25, 0.3) is 0 Å². The number of halogens is 1. The standard InChI is InChI=1S/C23H35Cl/c1-4-6-7-8-9-11-14-21(5-2)15-12-10-13-16-22-17-18-23(24)19-20(22)3/h5,10,13,17-19,21H,2,4,6-9,11-12,14-16H2,1,3H3/b13-10+. The fourth-order valence-electron chi connectivity index (χ4n) is 3.09. The molecule has 0 heterocycles. The van der Waals surface area contributed by atoms with E-state index >= 15 is 0 Å². The Morgan fingerprint density at radius 3 is 2.50 bits per heavy atom. The summed E-state index contributed by atoms with van der Waals surface area (Å²) in [4.78, 5) is 0. The monoisotopic (exact) mass is 346 g/mol. The van der Waals surface area contributed by atoms with Crippen molar-refractivity contribution in [2.24, 2.45) is 5.92 Å². The van der Waals surface area contributed by atoms with Crippen LogP contribution in [0.2, 0.25) is 5.02 Å². The molecule has 0 fully saturated rings. The molecule has 0 aliphatic carbocycles. The highest BCUT2D eigenvalue weighted by Gasteiger charge is 2.03. The lowest BCUT2D eigenvalue weighted by molar-refractivity contribution is 0.497. The van der Waals surface area contributed by atoms with Gasteiger partial charge in [0.15, 0.2) is 0 Å². The van der Waals surface area contributed by atoms with Crippen molar-refractivity contribution in [1.82, 2.24) is 0 Å². The van der Waals surface area contributed by atoms with Crippen molar-refractivity contribution in [2.75, 3.05) is 0 Å². The Morgan fingerprint density at radius 1 is 1.04 bits per heavy atom. The summed E-state index contributed by atoms with van der Waals surface area (Å²) >= 11 is 6.00. The summed E-state index contributed by atoms with van der Waals surface area (Å²) in [7, 11) is 0. The number of aryl methyl sites for hydroxylation is 1. The smallest absolute Gasteiger partial charge is 0.0408 e. The molecule has 0 amide bonds. The largest absolute Gasteiger partial charge is 0.103 e.